The summed E-state index contributed by atoms with van der Waals surface area (Å²) in [6, 6.07) is 21.5. The molecule has 3 rings (SSSR count). The van der Waals surface area contributed by atoms with Crippen molar-refractivity contribution in [1.82, 2.24) is 0 Å². The Bertz CT molecular complexity index is 1030. The van der Waals surface area contributed by atoms with E-state index in [9.17, 15) is 0 Å². The molecule has 0 unspecified atom stereocenters. The topological polar surface area (TPSA) is 0 Å². The average molecular weight is 390 g/mol. The predicted molar refractivity (Wildman–Crippen MR) is 132 cm³/mol. The van der Waals surface area contributed by atoms with Crippen LogP contribution in [-0.4, -0.2) is 7.85 Å². The third-order valence-electron chi connectivity index (χ3n) is 5.66. The highest BCUT2D eigenvalue weighted by molar-refractivity contribution is 6.32. The molecule has 0 aliphatic heterocycles. The summed E-state index contributed by atoms with van der Waals surface area (Å²) in [5.41, 5.74) is 9.56. The highest BCUT2D eigenvalue weighted by Gasteiger charge is 2.09. The quantitative estimate of drug-likeness (QED) is 0.249. The van der Waals surface area contributed by atoms with Gasteiger partial charge in [0.25, 0.3) is 0 Å². The Morgan fingerprint density at radius 2 is 1.27 bits per heavy atom. The molecule has 0 nitrogen and oxygen atoms in total. The van der Waals surface area contributed by atoms with Crippen LogP contribution in [0.25, 0.3) is 11.1 Å². The Kier molecular flexibility index (Phi) is 7.98. The molecule has 0 heterocycles. The zero-order chi connectivity index (χ0) is 21.3. The lowest BCUT2D eigenvalue weighted by Crippen LogP contribution is -2.04. The van der Waals surface area contributed by atoms with E-state index in [0.717, 1.165) is 35.9 Å². The SMILES string of the molecule is [B]c1ccc(-c2ccc(C#Cc3ccc(CCCCC)cc3)cc2CC)c(CC)c1. The van der Waals surface area contributed by atoms with E-state index in [1.807, 2.05) is 6.07 Å². The smallest absolute Gasteiger partial charge is 0.0964 e. The van der Waals surface area contributed by atoms with Gasteiger partial charge in [-0.2, -0.15) is 0 Å². The van der Waals surface area contributed by atoms with Crippen molar-refractivity contribution in [1.29, 1.82) is 0 Å². The zero-order valence-electron chi connectivity index (χ0n) is 18.6. The first kappa shape index (κ1) is 22.0. The lowest BCUT2D eigenvalue weighted by molar-refractivity contribution is 0.717. The minimum atomic E-state index is 0.826. The Hall–Kier alpha value is -2.72. The summed E-state index contributed by atoms with van der Waals surface area (Å²) in [4.78, 5) is 0. The molecule has 0 spiro atoms. The summed E-state index contributed by atoms with van der Waals surface area (Å²) in [5, 5.41) is 0. The van der Waals surface area contributed by atoms with E-state index in [4.69, 9.17) is 7.85 Å². The van der Waals surface area contributed by atoms with Gasteiger partial charge in [-0.15, -0.1) is 0 Å². The number of unbranched alkanes of at least 4 members (excludes halogenated alkanes) is 2. The molecule has 0 saturated carbocycles. The van der Waals surface area contributed by atoms with Crippen LogP contribution in [0.2, 0.25) is 0 Å². The highest BCUT2D eigenvalue weighted by atomic mass is 14.1. The van der Waals surface area contributed by atoms with E-state index in [2.05, 4.69) is 87.2 Å². The van der Waals surface area contributed by atoms with Gasteiger partial charge in [0, 0.05) is 11.1 Å². The zero-order valence-corrected chi connectivity index (χ0v) is 18.6. The van der Waals surface area contributed by atoms with Crippen LogP contribution >= 0.6 is 0 Å². The van der Waals surface area contributed by atoms with Crippen LogP contribution in [-0.2, 0) is 19.3 Å². The largest absolute Gasteiger partial charge is 0.113 e. The number of hydrogen-bond acceptors (Lipinski definition) is 0. The normalized spacial score (nSPS) is 10.5. The fourth-order valence-electron chi connectivity index (χ4n) is 3.87. The van der Waals surface area contributed by atoms with Crippen molar-refractivity contribution >= 4 is 13.3 Å². The lowest BCUT2D eigenvalue weighted by Gasteiger charge is -2.14. The van der Waals surface area contributed by atoms with Gasteiger partial charge in [-0.25, -0.2) is 0 Å². The molecule has 0 bridgehead atoms. The van der Waals surface area contributed by atoms with Gasteiger partial charge in [0.15, 0.2) is 0 Å². The number of hydrogen-bond donors (Lipinski definition) is 0. The number of rotatable bonds is 7. The molecular weight excluding hydrogens is 359 g/mol. The molecule has 0 aromatic heterocycles. The summed E-state index contributed by atoms with van der Waals surface area (Å²) >= 11 is 0. The second-order valence-electron chi connectivity index (χ2n) is 7.90. The van der Waals surface area contributed by atoms with E-state index >= 15 is 0 Å². The lowest BCUT2D eigenvalue weighted by atomic mass is 9.87. The van der Waals surface area contributed by atoms with Crippen LogP contribution in [0.5, 0.6) is 0 Å². The summed E-state index contributed by atoms with van der Waals surface area (Å²) < 4.78 is 0. The van der Waals surface area contributed by atoms with E-state index < -0.39 is 0 Å². The van der Waals surface area contributed by atoms with Crippen LogP contribution in [0.15, 0.2) is 60.7 Å². The Morgan fingerprint density at radius 1 is 0.667 bits per heavy atom. The van der Waals surface area contributed by atoms with Crippen LogP contribution in [0, 0.1) is 11.8 Å². The third-order valence-corrected chi connectivity index (χ3v) is 5.66. The van der Waals surface area contributed by atoms with Crippen LogP contribution in [0.3, 0.4) is 0 Å². The molecule has 0 amide bonds. The number of aryl methyl sites for hydroxylation is 3. The van der Waals surface area contributed by atoms with Crippen molar-refractivity contribution in [3.63, 3.8) is 0 Å². The summed E-state index contributed by atoms with van der Waals surface area (Å²) in [7, 11) is 5.99. The molecule has 0 aliphatic carbocycles. The fraction of sp³-hybridized carbons (Fsp3) is 0.310. The summed E-state index contributed by atoms with van der Waals surface area (Å²) in [6.07, 6.45) is 6.94. The van der Waals surface area contributed by atoms with E-state index in [-0.39, 0.29) is 0 Å². The molecular formula is C29H31B. The monoisotopic (exact) mass is 390 g/mol. The van der Waals surface area contributed by atoms with Crippen molar-refractivity contribution in [3.05, 3.63) is 88.5 Å². The van der Waals surface area contributed by atoms with Gasteiger partial charge in [-0.1, -0.05) is 87.3 Å². The second kappa shape index (κ2) is 10.9. The Labute approximate surface area is 184 Å². The van der Waals surface area contributed by atoms with Crippen molar-refractivity contribution in [2.24, 2.45) is 0 Å². The summed E-state index contributed by atoms with van der Waals surface area (Å²) in [5.74, 6) is 6.68. The molecule has 0 saturated heterocycles. The highest BCUT2D eigenvalue weighted by Crippen LogP contribution is 2.28. The van der Waals surface area contributed by atoms with Gasteiger partial charge < -0.3 is 0 Å². The van der Waals surface area contributed by atoms with Gasteiger partial charge in [0.05, 0.1) is 0 Å². The Morgan fingerprint density at radius 3 is 1.93 bits per heavy atom. The van der Waals surface area contributed by atoms with E-state index in [0.29, 0.717) is 0 Å². The van der Waals surface area contributed by atoms with Crippen LogP contribution < -0.4 is 5.46 Å². The van der Waals surface area contributed by atoms with Gasteiger partial charge in [0.2, 0.25) is 0 Å². The average Bonchev–Trinajstić information content (AvgIpc) is 2.78. The van der Waals surface area contributed by atoms with Crippen molar-refractivity contribution in [3.8, 4) is 23.0 Å². The standard InChI is InChI=1S/C29H31B/c1-4-7-8-9-22-10-12-23(13-11-22)14-15-24-16-18-28(25(5-2)20-24)29-19-17-27(30)21-26(29)6-3/h10-13,16-21H,4-9H2,1-3H3. The minimum Gasteiger partial charge on any atom is -0.0964 e. The van der Waals surface area contributed by atoms with Crippen LogP contribution in [0.4, 0.5) is 0 Å². The third kappa shape index (κ3) is 5.67. The maximum atomic E-state index is 5.99. The molecule has 1 heteroatoms. The van der Waals surface area contributed by atoms with Crippen molar-refractivity contribution in [2.45, 2.75) is 59.3 Å². The first-order valence-electron chi connectivity index (χ1n) is 11.3. The van der Waals surface area contributed by atoms with E-state index in [1.165, 1.54) is 47.1 Å². The van der Waals surface area contributed by atoms with Gasteiger partial charge in [0.1, 0.15) is 7.85 Å². The predicted octanol–water partition coefficient (Wildman–Crippen LogP) is 6.40. The van der Waals surface area contributed by atoms with Crippen molar-refractivity contribution < 1.29 is 0 Å². The second-order valence-corrected chi connectivity index (χ2v) is 7.90. The summed E-state index contributed by atoms with van der Waals surface area (Å²) in [6.45, 7) is 6.63. The van der Waals surface area contributed by atoms with Crippen molar-refractivity contribution in [2.75, 3.05) is 0 Å². The first-order chi connectivity index (χ1) is 14.6. The molecule has 0 aliphatic rings. The molecule has 0 atom stereocenters. The first-order valence-corrected chi connectivity index (χ1v) is 11.3. The molecule has 3 aromatic rings. The fourth-order valence-corrected chi connectivity index (χ4v) is 3.87. The van der Waals surface area contributed by atoms with Gasteiger partial charge in [-0.3, -0.25) is 0 Å². The molecule has 30 heavy (non-hydrogen) atoms. The van der Waals surface area contributed by atoms with E-state index in [1.54, 1.807) is 0 Å². The molecule has 0 N–H and O–H groups in total. The van der Waals surface area contributed by atoms with Gasteiger partial charge >= 0.3 is 0 Å². The number of benzene rings is 3. The maximum absolute atomic E-state index is 5.99. The molecule has 3 aromatic carbocycles. The molecule has 150 valence electrons. The minimum absolute atomic E-state index is 0.826. The maximum Gasteiger partial charge on any atom is 0.113 e. The van der Waals surface area contributed by atoms with Crippen LogP contribution in [0.1, 0.15) is 67.9 Å². The molecule has 2 radical (unpaired) electrons. The van der Waals surface area contributed by atoms with Gasteiger partial charge in [-0.05, 0) is 77.8 Å². The Balaban J connectivity index is 1.81. The molecule has 0 fully saturated rings.